The number of benzene rings is 2. The molecule has 0 aliphatic rings. The van der Waals surface area contributed by atoms with E-state index >= 15 is 0 Å². The molecule has 3 nitrogen and oxygen atoms in total. The van der Waals surface area contributed by atoms with Crippen molar-refractivity contribution in [2.45, 2.75) is 19.7 Å². The first kappa shape index (κ1) is 18.6. The van der Waals surface area contributed by atoms with Gasteiger partial charge in [0.2, 0.25) is 0 Å². The van der Waals surface area contributed by atoms with Crippen molar-refractivity contribution in [3.63, 3.8) is 0 Å². The molecule has 0 radical (unpaired) electrons. The van der Waals surface area contributed by atoms with Crippen LogP contribution < -0.4 is 9.47 Å². The fraction of sp³-hybridized carbons (Fsp3) is 0.211. The van der Waals surface area contributed by atoms with Crippen LogP contribution in [0.4, 0.5) is 13.2 Å². The van der Waals surface area contributed by atoms with E-state index in [4.69, 9.17) is 9.47 Å². The molecule has 0 atom stereocenters. The number of methoxy groups -OCH3 is 1. The van der Waals surface area contributed by atoms with Crippen molar-refractivity contribution in [3.8, 4) is 11.5 Å². The zero-order valence-electron chi connectivity index (χ0n) is 13.9. The molecule has 6 heteroatoms. The first-order chi connectivity index (χ1) is 11.9. The minimum absolute atomic E-state index is 0.114. The van der Waals surface area contributed by atoms with Gasteiger partial charge in [0.15, 0.2) is 0 Å². The van der Waals surface area contributed by atoms with Crippen LogP contribution in [0, 0.1) is 0 Å². The van der Waals surface area contributed by atoms with E-state index in [2.05, 4.69) is 11.7 Å². The Kier molecular flexibility index (Phi) is 5.85. The molecule has 132 valence electrons. The lowest BCUT2D eigenvalue weighted by Gasteiger charge is -2.13. The van der Waals surface area contributed by atoms with Gasteiger partial charge in [0.05, 0.1) is 18.4 Å². The average Bonchev–Trinajstić information content (AvgIpc) is 2.60. The molecule has 2 aromatic rings. The Balaban J connectivity index is 2.29. The number of halogens is 3. The Morgan fingerprint density at radius 2 is 1.80 bits per heavy atom. The maximum Gasteiger partial charge on any atom is 0.416 e. The maximum atomic E-state index is 13.1. The van der Waals surface area contributed by atoms with Crippen LogP contribution in [-0.2, 0) is 12.8 Å². The van der Waals surface area contributed by atoms with Crippen LogP contribution in [0.1, 0.15) is 23.6 Å². The number of nitrogens with zero attached hydrogens (tertiary/aromatic N) is 1. The Morgan fingerprint density at radius 3 is 2.32 bits per heavy atom. The molecular formula is C19H18F3NO2. The summed E-state index contributed by atoms with van der Waals surface area (Å²) in [6, 6.07) is 10.6. The summed E-state index contributed by atoms with van der Waals surface area (Å²) >= 11 is 0. The van der Waals surface area contributed by atoms with Gasteiger partial charge in [-0.1, -0.05) is 18.2 Å². The highest BCUT2D eigenvalue weighted by Gasteiger charge is 2.31. The first-order valence-electron chi connectivity index (χ1n) is 7.48. The minimum atomic E-state index is -4.48. The van der Waals surface area contributed by atoms with Gasteiger partial charge in [-0.05, 0) is 49.5 Å². The van der Waals surface area contributed by atoms with Gasteiger partial charge in [0, 0.05) is 5.56 Å². The third kappa shape index (κ3) is 4.86. The van der Waals surface area contributed by atoms with E-state index < -0.39 is 11.7 Å². The number of rotatable bonds is 6. The highest BCUT2D eigenvalue weighted by Crippen LogP contribution is 2.34. The standard InChI is InChI=1S/C19H18F3NO2/c1-4-18(23-2)14-9-15(19(20,21)22)11-17(10-14)25-12-13-5-7-16(24-3)8-6-13/h4-11H,2,12H2,1,3H3/b18-4-. The summed E-state index contributed by atoms with van der Waals surface area (Å²) in [5.74, 6) is 0.809. The van der Waals surface area contributed by atoms with Crippen LogP contribution in [0.3, 0.4) is 0 Å². The number of allylic oxidation sites excluding steroid dienone is 1. The minimum Gasteiger partial charge on any atom is -0.497 e. The van der Waals surface area contributed by atoms with Gasteiger partial charge in [0.25, 0.3) is 0 Å². The molecule has 0 saturated carbocycles. The fourth-order valence-corrected chi connectivity index (χ4v) is 2.23. The van der Waals surface area contributed by atoms with Gasteiger partial charge in [-0.3, -0.25) is 4.99 Å². The molecule has 0 saturated heterocycles. The summed E-state index contributed by atoms with van der Waals surface area (Å²) in [7, 11) is 1.56. The Bertz CT molecular complexity index is 765. The van der Waals surface area contributed by atoms with Crippen LogP contribution in [0.5, 0.6) is 11.5 Å². The Hall–Kier alpha value is -2.76. The molecule has 0 heterocycles. The van der Waals surface area contributed by atoms with Crippen molar-refractivity contribution >= 4 is 12.4 Å². The fourth-order valence-electron chi connectivity index (χ4n) is 2.23. The van der Waals surface area contributed by atoms with Gasteiger partial charge in [0.1, 0.15) is 18.1 Å². The van der Waals surface area contributed by atoms with E-state index in [-0.39, 0.29) is 12.4 Å². The summed E-state index contributed by atoms with van der Waals surface area (Å²) < 4.78 is 50.0. The molecule has 0 spiro atoms. The second kappa shape index (κ2) is 7.88. The molecule has 0 bridgehead atoms. The van der Waals surface area contributed by atoms with Gasteiger partial charge in [-0.25, -0.2) is 0 Å². The van der Waals surface area contributed by atoms with Gasteiger partial charge in [-0.15, -0.1) is 0 Å². The van der Waals surface area contributed by atoms with Crippen molar-refractivity contribution in [2.75, 3.05) is 7.11 Å². The SMILES string of the molecule is C=N/C(=C\C)c1cc(OCc2ccc(OC)cc2)cc(C(F)(F)F)c1. The predicted octanol–water partition coefficient (Wildman–Crippen LogP) is 5.35. The number of aliphatic imine (C=N–C) groups is 1. The number of hydrogen-bond donors (Lipinski definition) is 0. The van der Waals surface area contributed by atoms with E-state index in [0.717, 1.165) is 17.7 Å². The van der Waals surface area contributed by atoms with Crippen LogP contribution in [0.15, 0.2) is 53.5 Å². The van der Waals surface area contributed by atoms with Crippen molar-refractivity contribution < 1.29 is 22.6 Å². The molecule has 25 heavy (non-hydrogen) atoms. The highest BCUT2D eigenvalue weighted by molar-refractivity contribution is 5.69. The van der Waals surface area contributed by atoms with Crippen LogP contribution in [0.2, 0.25) is 0 Å². The molecule has 0 fully saturated rings. The van der Waals surface area contributed by atoms with Gasteiger partial charge >= 0.3 is 6.18 Å². The molecule has 2 aromatic carbocycles. The first-order valence-corrected chi connectivity index (χ1v) is 7.48. The normalized spacial score (nSPS) is 12.0. The summed E-state index contributed by atoms with van der Waals surface area (Å²) in [5.41, 5.74) is 0.683. The molecule has 0 aromatic heterocycles. The smallest absolute Gasteiger partial charge is 0.416 e. The van der Waals surface area contributed by atoms with Gasteiger partial charge < -0.3 is 9.47 Å². The molecule has 0 unspecified atom stereocenters. The van der Waals surface area contributed by atoms with E-state index in [9.17, 15) is 13.2 Å². The van der Waals surface area contributed by atoms with Crippen molar-refractivity contribution in [3.05, 3.63) is 65.2 Å². The summed E-state index contributed by atoms with van der Waals surface area (Å²) in [6.07, 6.45) is -2.88. The van der Waals surface area contributed by atoms with Crippen molar-refractivity contribution in [2.24, 2.45) is 4.99 Å². The number of ether oxygens (including phenoxy) is 2. The second-order valence-electron chi connectivity index (χ2n) is 5.21. The lowest BCUT2D eigenvalue weighted by Crippen LogP contribution is -2.06. The number of hydrogen-bond acceptors (Lipinski definition) is 3. The topological polar surface area (TPSA) is 30.8 Å². The monoisotopic (exact) mass is 349 g/mol. The van der Waals surface area contributed by atoms with E-state index in [1.807, 2.05) is 0 Å². The van der Waals surface area contributed by atoms with E-state index in [1.165, 1.54) is 6.07 Å². The second-order valence-corrected chi connectivity index (χ2v) is 5.21. The summed E-state index contributed by atoms with van der Waals surface area (Å²) in [5, 5.41) is 0. The quantitative estimate of drug-likeness (QED) is 0.658. The average molecular weight is 349 g/mol. The van der Waals surface area contributed by atoms with Crippen LogP contribution in [0.25, 0.3) is 5.70 Å². The maximum absolute atomic E-state index is 13.1. The van der Waals surface area contributed by atoms with Crippen LogP contribution in [-0.4, -0.2) is 13.8 Å². The van der Waals surface area contributed by atoms with Crippen LogP contribution >= 0.6 is 0 Å². The van der Waals surface area contributed by atoms with Gasteiger partial charge in [-0.2, -0.15) is 13.2 Å². The molecule has 0 amide bonds. The van der Waals surface area contributed by atoms with E-state index in [0.29, 0.717) is 17.0 Å². The third-order valence-corrected chi connectivity index (χ3v) is 3.54. The summed E-state index contributed by atoms with van der Waals surface area (Å²) in [6.45, 7) is 5.21. The summed E-state index contributed by atoms with van der Waals surface area (Å²) in [4.78, 5) is 3.75. The Morgan fingerprint density at radius 1 is 1.12 bits per heavy atom. The lowest BCUT2D eigenvalue weighted by atomic mass is 10.1. The van der Waals surface area contributed by atoms with Crippen molar-refractivity contribution in [1.82, 2.24) is 0 Å². The Labute approximate surface area is 144 Å². The largest absolute Gasteiger partial charge is 0.497 e. The molecule has 0 aliphatic heterocycles. The highest BCUT2D eigenvalue weighted by atomic mass is 19.4. The molecule has 2 rings (SSSR count). The predicted molar refractivity (Wildman–Crippen MR) is 92.0 cm³/mol. The zero-order chi connectivity index (χ0) is 18.4. The molecule has 0 N–H and O–H groups in total. The number of alkyl halides is 3. The van der Waals surface area contributed by atoms with E-state index in [1.54, 1.807) is 44.4 Å². The van der Waals surface area contributed by atoms with Crippen molar-refractivity contribution in [1.29, 1.82) is 0 Å². The molecule has 0 aliphatic carbocycles. The third-order valence-electron chi connectivity index (χ3n) is 3.54. The molecular weight excluding hydrogens is 331 g/mol. The zero-order valence-corrected chi connectivity index (χ0v) is 13.9. The lowest BCUT2D eigenvalue weighted by molar-refractivity contribution is -0.137.